The van der Waals surface area contributed by atoms with Gasteiger partial charge < -0.3 is 11.5 Å². The average Bonchev–Trinajstić information content (AvgIpc) is 2.56. The predicted molar refractivity (Wildman–Crippen MR) is 86.4 cm³/mol. The fourth-order valence-corrected chi connectivity index (χ4v) is 2.54. The summed E-state index contributed by atoms with van der Waals surface area (Å²) in [5.74, 6) is -1.41. The van der Waals surface area contributed by atoms with Crippen LogP contribution in [0.3, 0.4) is 0 Å². The number of hydrogen-bond acceptors (Lipinski definition) is 4. The van der Waals surface area contributed by atoms with E-state index in [4.69, 9.17) is 11.5 Å². The monoisotopic (exact) mass is 296 g/mol. The van der Waals surface area contributed by atoms with Crippen molar-refractivity contribution in [1.82, 2.24) is 0 Å². The third-order valence-corrected chi connectivity index (χ3v) is 3.79. The van der Waals surface area contributed by atoms with Crippen molar-refractivity contribution in [3.8, 4) is 0 Å². The Bertz CT molecular complexity index is 651. The molecule has 4 N–H and O–H groups in total. The standard InChI is InChI=1S/C18H20N2O2/c1-2-15(16(21)13-9-5-3-6-10-13)18(19,20)17(22)14-11-7-4-8-12-14/h3-12,15H,2,19-20H2,1H3. The fourth-order valence-electron chi connectivity index (χ4n) is 2.54. The Labute approximate surface area is 130 Å². The number of benzene rings is 2. The first-order valence-corrected chi connectivity index (χ1v) is 7.25. The summed E-state index contributed by atoms with van der Waals surface area (Å²) in [6.07, 6.45) is 0.388. The van der Waals surface area contributed by atoms with Crippen LogP contribution in [-0.2, 0) is 0 Å². The Morgan fingerprint density at radius 3 is 1.82 bits per heavy atom. The Morgan fingerprint density at radius 1 is 0.909 bits per heavy atom. The van der Waals surface area contributed by atoms with E-state index < -0.39 is 17.4 Å². The van der Waals surface area contributed by atoms with Gasteiger partial charge in [-0.3, -0.25) is 9.59 Å². The maximum absolute atomic E-state index is 12.6. The maximum Gasteiger partial charge on any atom is 0.197 e. The molecule has 1 unspecified atom stereocenters. The normalized spacial score (nSPS) is 12.7. The predicted octanol–water partition coefficient (Wildman–Crippen LogP) is 2.39. The van der Waals surface area contributed by atoms with Crippen molar-refractivity contribution >= 4 is 11.6 Å². The van der Waals surface area contributed by atoms with Gasteiger partial charge in [-0.15, -0.1) is 0 Å². The van der Waals surface area contributed by atoms with E-state index in [1.54, 1.807) is 61.5 Å². The third-order valence-electron chi connectivity index (χ3n) is 3.79. The molecule has 114 valence electrons. The highest BCUT2D eigenvalue weighted by molar-refractivity contribution is 6.08. The zero-order valence-electron chi connectivity index (χ0n) is 12.5. The summed E-state index contributed by atoms with van der Waals surface area (Å²) in [5.41, 5.74) is 11.4. The van der Waals surface area contributed by atoms with Crippen LogP contribution in [-0.4, -0.2) is 17.2 Å². The summed E-state index contributed by atoms with van der Waals surface area (Å²) >= 11 is 0. The molecule has 0 aliphatic heterocycles. The third kappa shape index (κ3) is 3.13. The van der Waals surface area contributed by atoms with E-state index in [1.807, 2.05) is 6.07 Å². The second-order valence-corrected chi connectivity index (χ2v) is 5.32. The van der Waals surface area contributed by atoms with E-state index in [2.05, 4.69) is 0 Å². The molecule has 0 aliphatic carbocycles. The quantitative estimate of drug-likeness (QED) is 0.633. The van der Waals surface area contributed by atoms with Crippen LogP contribution in [0, 0.1) is 5.92 Å². The van der Waals surface area contributed by atoms with Crippen LogP contribution in [0.25, 0.3) is 0 Å². The summed E-state index contributed by atoms with van der Waals surface area (Å²) in [6, 6.07) is 17.4. The van der Waals surface area contributed by atoms with Gasteiger partial charge in [-0.05, 0) is 6.42 Å². The summed E-state index contributed by atoms with van der Waals surface area (Å²) in [6.45, 7) is 1.80. The van der Waals surface area contributed by atoms with Gasteiger partial charge in [0.15, 0.2) is 11.6 Å². The maximum atomic E-state index is 12.6. The van der Waals surface area contributed by atoms with E-state index in [-0.39, 0.29) is 5.78 Å². The lowest BCUT2D eigenvalue weighted by molar-refractivity contribution is 0.0722. The van der Waals surface area contributed by atoms with Crippen LogP contribution in [0.5, 0.6) is 0 Å². The van der Waals surface area contributed by atoms with E-state index in [0.29, 0.717) is 17.5 Å². The molecule has 2 rings (SSSR count). The second kappa shape index (κ2) is 6.64. The SMILES string of the molecule is CCC(C(=O)c1ccccc1)C(N)(N)C(=O)c1ccccc1. The van der Waals surface area contributed by atoms with Gasteiger partial charge in [0, 0.05) is 11.1 Å². The van der Waals surface area contributed by atoms with Crippen LogP contribution < -0.4 is 11.5 Å². The van der Waals surface area contributed by atoms with Crippen molar-refractivity contribution in [2.24, 2.45) is 17.4 Å². The minimum absolute atomic E-state index is 0.211. The molecule has 2 aromatic rings. The lowest BCUT2D eigenvalue weighted by Crippen LogP contribution is -2.63. The molecule has 0 aromatic heterocycles. The van der Waals surface area contributed by atoms with Crippen molar-refractivity contribution in [3.63, 3.8) is 0 Å². The van der Waals surface area contributed by atoms with Gasteiger partial charge in [0.25, 0.3) is 0 Å². The lowest BCUT2D eigenvalue weighted by Gasteiger charge is -2.31. The van der Waals surface area contributed by atoms with Gasteiger partial charge >= 0.3 is 0 Å². The summed E-state index contributed by atoms with van der Waals surface area (Å²) in [4.78, 5) is 25.2. The van der Waals surface area contributed by atoms with Gasteiger partial charge in [0.05, 0.1) is 5.92 Å². The highest BCUT2D eigenvalue weighted by Gasteiger charge is 2.42. The van der Waals surface area contributed by atoms with Gasteiger partial charge in [0.1, 0.15) is 5.66 Å². The van der Waals surface area contributed by atoms with Crippen molar-refractivity contribution in [3.05, 3.63) is 71.8 Å². The van der Waals surface area contributed by atoms with Crippen LogP contribution >= 0.6 is 0 Å². The number of hydrogen-bond donors (Lipinski definition) is 2. The molecule has 22 heavy (non-hydrogen) atoms. The van der Waals surface area contributed by atoms with Crippen molar-refractivity contribution < 1.29 is 9.59 Å². The van der Waals surface area contributed by atoms with Gasteiger partial charge in [-0.1, -0.05) is 67.6 Å². The van der Waals surface area contributed by atoms with E-state index in [0.717, 1.165) is 0 Å². The zero-order valence-corrected chi connectivity index (χ0v) is 12.5. The number of rotatable bonds is 6. The summed E-state index contributed by atoms with van der Waals surface area (Å²) in [5, 5.41) is 0. The number of carbonyl (C=O) groups is 2. The number of nitrogens with two attached hydrogens (primary N) is 2. The van der Waals surface area contributed by atoms with Gasteiger partial charge in [-0.2, -0.15) is 0 Å². The summed E-state index contributed by atoms with van der Waals surface area (Å²) in [7, 11) is 0. The molecule has 0 aliphatic rings. The molecule has 0 fully saturated rings. The molecule has 0 heterocycles. The van der Waals surface area contributed by atoms with Gasteiger partial charge in [-0.25, -0.2) is 0 Å². The molecule has 4 nitrogen and oxygen atoms in total. The first kappa shape index (κ1) is 16.1. The topological polar surface area (TPSA) is 86.2 Å². The molecule has 0 radical (unpaired) electrons. The van der Waals surface area contributed by atoms with Crippen LogP contribution in [0.1, 0.15) is 34.1 Å². The smallest absolute Gasteiger partial charge is 0.197 e. The number of Topliss-reactive ketones (excluding diaryl/α,β-unsaturated/α-hetero) is 2. The molecule has 1 atom stereocenters. The first-order chi connectivity index (χ1) is 10.5. The fraction of sp³-hybridized carbons (Fsp3) is 0.222. The van der Waals surface area contributed by atoms with E-state index in [9.17, 15) is 9.59 Å². The number of carbonyl (C=O) groups excluding carboxylic acids is 2. The zero-order chi connectivity index (χ0) is 16.2. The largest absolute Gasteiger partial charge is 0.306 e. The average molecular weight is 296 g/mol. The van der Waals surface area contributed by atoms with Crippen molar-refractivity contribution in [2.75, 3.05) is 0 Å². The molecular weight excluding hydrogens is 276 g/mol. The van der Waals surface area contributed by atoms with Crippen LogP contribution in [0.15, 0.2) is 60.7 Å². The van der Waals surface area contributed by atoms with Crippen molar-refractivity contribution in [1.29, 1.82) is 0 Å². The highest BCUT2D eigenvalue weighted by Crippen LogP contribution is 2.23. The van der Waals surface area contributed by atoms with E-state index in [1.165, 1.54) is 0 Å². The Kier molecular flexibility index (Phi) is 4.85. The molecule has 4 heteroatoms. The Balaban J connectivity index is 2.33. The molecule has 2 aromatic carbocycles. The number of ketones is 2. The van der Waals surface area contributed by atoms with Crippen LogP contribution in [0.2, 0.25) is 0 Å². The summed E-state index contributed by atoms with van der Waals surface area (Å²) < 4.78 is 0. The first-order valence-electron chi connectivity index (χ1n) is 7.25. The minimum atomic E-state index is -1.73. The van der Waals surface area contributed by atoms with Crippen LogP contribution in [0.4, 0.5) is 0 Å². The Morgan fingerprint density at radius 2 is 1.36 bits per heavy atom. The van der Waals surface area contributed by atoms with Crippen molar-refractivity contribution in [2.45, 2.75) is 19.0 Å². The lowest BCUT2D eigenvalue weighted by atomic mass is 9.80. The Hall–Kier alpha value is -2.30. The van der Waals surface area contributed by atoms with Gasteiger partial charge in [0.2, 0.25) is 0 Å². The minimum Gasteiger partial charge on any atom is -0.306 e. The molecule has 0 bridgehead atoms. The molecular formula is C18H20N2O2. The molecule has 0 amide bonds. The molecule has 0 spiro atoms. The van der Waals surface area contributed by atoms with E-state index >= 15 is 0 Å². The molecule has 0 saturated carbocycles. The second-order valence-electron chi connectivity index (χ2n) is 5.32. The molecule has 0 saturated heterocycles. The highest BCUT2D eigenvalue weighted by atomic mass is 16.1.